The van der Waals surface area contributed by atoms with Crippen LogP contribution in [0.3, 0.4) is 0 Å². The molecule has 10 heteroatoms. The number of nitrogens with zero attached hydrogens (tertiary/aromatic N) is 1. The molecule has 0 aliphatic heterocycles. The average Bonchev–Trinajstić information content (AvgIpc) is 2.49. The molecule has 24 heavy (non-hydrogen) atoms. The van der Waals surface area contributed by atoms with Gasteiger partial charge < -0.3 is 9.84 Å². The van der Waals surface area contributed by atoms with Crippen LogP contribution in [0.2, 0.25) is 10.0 Å². The summed E-state index contributed by atoms with van der Waals surface area (Å²) in [5.74, 6) is -4.25. The van der Waals surface area contributed by atoms with Gasteiger partial charge in [0.05, 0.1) is 17.1 Å². The first-order valence-electron chi connectivity index (χ1n) is 6.63. The molecule has 1 aromatic carbocycles. The molecule has 0 radical (unpaired) electrons. The highest BCUT2D eigenvalue weighted by Gasteiger charge is 2.32. The normalized spacial score (nSPS) is 11.7. The van der Waals surface area contributed by atoms with Crippen LogP contribution in [0.4, 0.5) is 10.1 Å². The number of allylic oxidation sites excluding steroid dienone is 1. The highest BCUT2D eigenvalue weighted by molar-refractivity contribution is 6.42. The molecule has 0 aromatic heterocycles. The van der Waals surface area contributed by atoms with E-state index in [1.165, 1.54) is 0 Å². The number of Topliss-reactive ketones (excluding diaryl/α,β-unsaturated/α-hetero) is 1. The molecule has 0 heterocycles. The quantitative estimate of drug-likeness (QED) is 0.112. The lowest BCUT2D eigenvalue weighted by Gasteiger charge is -2.12. The van der Waals surface area contributed by atoms with Crippen molar-refractivity contribution in [1.29, 1.82) is 0 Å². The molecule has 0 saturated heterocycles. The van der Waals surface area contributed by atoms with Crippen molar-refractivity contribution in [2.75, 3.05) is 6.61 Å². The first-order chi connectivity index (χ1) is 11.2. The second kappa shape index (κ2) is 8.07. The third-order valence-corrected chi connectivity index (χ3v) is 3.66. The van der Waals surface area contributed by atoms with Crippen LogP contribution in [-0.2, 0) is 9.53 Å². The van der Waals surface area contributed by atoms with E-state index in [2.05, 4.69) is 0 Å². The van der Waals surface area contributed by atoms with E-state index in [0.29, 0.717) is 6.07 Å². The van der Waals surface area contributed by atoms with E-state index in [9.17, 15) is 29.2 Å². The van der Waals surface area contributed by atoms with Gasteiger partial charge in [-0.25, -0.2) is 9.18 Å². The molecular formula is C14H12Cl2FNO6. The van der Waals surface area contributed by atoms with Crippen molar-refractivity contribution in [3.8, 4) is 0 Å². The summed E-state index contributed by atoms with van der Waals surface area (Å²) in [6.07, 6.45) is 0.0665. The predicted octanol–water partition coefficient (Wildman–Crippen LogP) is 4.01. The topological polar surface area (TPSA) is 107 Å². The number of nitro benzene ring substituents is 1. The van der Waals surface area contributed by atoms with Gasteiger partial charge >= 0.3 is 11.7 Å². The largest absolute Gasteiger partial charge is 0.497 e. The molecule has 0 atom stereocenters. The van der Waals surface area contributed by atoms with Gasteiger partial charge in [0.2, 0.25) is 5.78 Å². The van der Waals surface area contributed by atoms with Crippen molar-refractivity contribution in [3.05, 3.63) is 48.9 Å². The van der Waals surface area contributed by atoms with E-state index in [4.69, 9.17) is 27.9 Å². The Morgan fingerprint density at radius 1 is 1.33 bits per heavy atom. The number of aliphatic carboxylic acids is 1. The SMILES string of the molecule is CCOC(CC)=C(C(=O)O)C(=O)c1cc(F)c(Cl)c([N+](=O)[O-])c1Cl. The van der Waals surface area contributed by atoms with E-state index in [-0.39, 0.29) is 18.8 Å². The number of hydrogen-bond acceptors (Lipinski definition) is 5. The van der Waals surface area contributed by atoms with Gasteiger partial charge in [-0.1, -0.05) is 30.1 Å². The number of hydrogen-bond donors (Lipinski definition) is 1. The minimum atomic E-state index is -1.63. The monoisotopic (exact) mass is 379 g/mol. The van der Waals surface area contributed by atoms with Gasteiger partial charge in [0, 0.05) is 6.42 Å². The van der Waals surface area contributed by atoms with Crippen molar-refractivity contribution in [1.82, 2.24) is 0 Å². The molecule has 7 nitrogen and oxygen atoms in total. The Balaban J connectivity index is 3.68. The van der Waals surface area contributed by atoms with Gasteiger partial charge in [-0.2, -0.15) is 0 Å². The predicted molar refractivity (Wildman–Crippen MR) is 84.0 cm³/mol. The maximum atomic E-state index is 13.8. The minimum Gasteiger partial charge on any atom is -0.497 e. The number of ether oxygens (including phenoxy) is 1. The molecule has 0 spiro atoms. The second-order valence-corrected chi connectivity index (χ2v) is 5.11. The van der Waals surface area contributed by atoms with Gasteiger partial charge in [0.25, 0.3) is 0 Å². The third-order valence-electron chi connectivity index (χ3n) is 2.92. The van der Waals surface area contributed by atoms with Gasteiger partial charge in [0.1, 0.15) is 22.2 Å². The number of ketones is 1. The zero-order valence-corrected chi connectivity index (χ0v) is 14.1. The summed E-state index contributed by atoms with van der Waals surface area (Å²) in [6, 6.07) is 0.558. The highest BCUT2D eigenvalue weighted by Crippen LogP contribution is 2.38. The molecule has 0 bridgehead atoms. The summed E-state index contributed by atoms with van der Waals surface area (Å²) < 4.78 is 18.9. The zero-order chi connectivity index (χ0) is 18.6. The fourth-order valence-corrected chi connectivity index (χ4v) is 2.49. The molecular weight excluding hydrogens is 368 g/mol. The van der Waals surface area contributed by atoms with Crippen LogP contribution in [-0.4, -0.2) is 28.4 Å². The number of carboxylic acid groups (broad SMARTS) is 1. The number of halogens is 3. The zero-order valence-electron chi connectivity index (χ0n) is 12.6. The summed E-state index contributed by atoms with van der Waals surface area (Å²) in [4.78, 5) is 33.8. The van der Waals surface area contributed by atoms with Gasteiger partial charge in [-0.15, -0.1) is 0 Å². The second-order valence-electron chi connectivity index (χ2n) is 4.36. The highest BCUT2D eigenvalue weighted by atomic mass is 35.5. The van der Waals surface area contributed by atoms with E-state index < -0.39 is 49.4 Å². The molecule has 0 aliphatic carbocycles. The van der Waals surface area contributed by atoms with Crippen LogP contribution in [0.25, 0.3) is 0 Å². The molecule has 0 amide bonds. The summed E-state index contributed by atoms with van der Waals surface area (Å²) in [5.41, 5.74) is -2.48. The Bertz CT molecular complexity index is 747. The number of carbonyl (C=O) groups excluding carboxylic acids is 1. The van der Waals surface area contributed by atoms with E-state index in [1.54, 1.807) is 13.8 Å². The standard InChI is InChI=1S/C14H12Cl2FNO6/c1-3-8(24-4-2)9(14(20)21)13(19)6-5-7(17)11(16)12(10(6)15)18(22)23/h5H,3-4H2,1-2H3,(H,20,21). The smallest absolute Gasteiger partial charge is 0.343 e. The Labute approximate surface area is 145 Å². The lowest BCUT2D eigenvalue weighted by Crippen LogP contribution is -2.18. The maximum absolute atomic E-state index is 13.8. The Morgan fingerprint density at radius 3 is 2.33 bits per heavy atom. The number of carboxylic acids is 1. The van der Waals surface area contributed by atoms with Crippen LogP contribution in [0, 0.1) is 15.9 Å². The molecule has 0 saturated carbocycles. The van der Waals surface area contributed by atoms with Crippen molar-refractivity contribution in [2.24, 2.45) is 0 Å². The number of benzene rings is 1. The molecule has 130 valence electrons. The van der Waals surface area contributed by atoms with Crippen LogP contribution >= 0.6 is 23.2 Å². The molecule has 0 unspecified atom stereocenters. The molecule has 1 N–H and O–H groups in total. The molecule has 1 aromatic rings. The molecule has 0 fully saturated rings. The summed E-state index contributed by atoms with van der Waals surface area (Å²) in [5, 5.41) is 18.6. The van der Waals surface area contributed by atoms with Gasteiger partial charge in [-0.05, 0) is 13.0 Å². The van der Waals surface area contributed by atoms with Gasteiger partial charge in [0.15, 0.2) is 5.02 Å². The molecule has 1 rings (SSSR count). The maximum Gasteiger partial charge on any atom is 0.343 e. The lowest BCUT2D eigenvalue weighted by atomic mass is 10.0. The molecule has 0 aliphatic rings. The van der Waals surface area contributed by atoms with E-state index >= 15 is 0 Å². The fourth-order valence-electron chi connectivity index (χ4n) is 1.92. The van der Waals surface area contributed by atoms with Crippen molar-refractivity contribution in [3.63, 3.8) is 0 Å². The van der Waals surface area contributed by atoms with Crippen molar-refractivity contribution in [2.45, 2.75) is 20.3 Å². The van der Waals surface area contributed by atoms with Crippen LogP contribution in [0.15, 0.2) is 17.4 Å². The van der Waals surface area contributed by atoms with Crippen molar-refractivity contribution >= 4 is 40.6 Å². The van der Waals surface area contributed by atoms with Crippen LogP contribution in [0.1, 0.15) is 30.6 Å². The lowest BCUT2D eigenvalue weighted by molar-refractivity contribution is -0.384. The van der Waals surface area contributed by atoms with E-state index in [1.807, 2.05) is 0 Å². The number of carbonyl (C=O) groups is 2. The van der Waals surface area contributed by atoms with Gasteiger partial charge in [-0.3, -0.25) is 14.9 Å². The Hall–Kier alpha value is -2.19. The third kappa shape index (κ3) is 3.82. The minimum absolute atomic E-state index is 0.0665. The first kappa shape index (κ1) is 19.9. The summed E-state index contributed by atoms with van der Waals surface area (Å²) in [6.45, 7) is 3.23. The number of rotatable bonds is 7. The summed E-state index contributed by atoms with van der Waals surface area (Å²) in [7, 11) is 0. The van der Waals surface area contributed by atoms with Crippen molar-refractivity contribution < 1.29 is 28.7 Å². The average molecular weight is 380 g/mol. The van der Waals surface area contributed by atoms with E-state index in [0.717, 1.165) is 0 Å². The van der Waals surface area contributed by atoms with Crippen LogP contribution in [0.5, 0.6) is 0 Å². The summed E-state index contributed by atoms with van der Waals surface area (Å²) >= 11 is 11.3. The first-order valence-corrected chi connectivity index (χ1v) is 7.38. The number of nitro groups is 1. The Kier molecular flexibility index (Phi) is 6.68. The van der Waals surface area contributed by atoms with Crippen LogP contribution < -0.4 is 0 Å². The Morgan fingerprint density at radius 2 is 1.92 bits per heavy atom. The fraction of sp³-hybridized carbons (Fsp3) is 0.286.